The quantitative estimate of drug-likeness (QED) is 0.180. The van der Waals surface area contributed by atoms with Gasteiger partial charge in [0.1, 0.15) is 24.0 Å². The molecule has 0 spiro atoms. The van der Waals surface area contributed by atoms with Crippen molar-refractivity contribution in [3.63, 3.8) is 0 Å². The first-order valence-electron chi connectivity index (χ1n) is 11.4. The lowest BCUT2D eigenvalue weighted by Crippen LogP contribution is -2.55. The number of aliphatic hydroxyl groups excluding tert-OH is 1. The van der Waals surface area contributed by atoms with Gasteiger partial charge in [0.15, 0.2) is 11.8 Å². The summed E-state index contributed by atoms with van der Waals surface area (Å²) in [5.74, 6) is 1.89. The summed E-state index contributed by atoms with van der Waals surface area (Å²) in [4.78, 5) is 38.2. The number of nitrogens with zero attached hydrogens (tertiary/aromatic N) is 1. The fraction of sp³-hybridized carbons (Fsp3) is 0.435. The zero-order valence-corrected chi connectivity index (χ0v) is 22.3. The van der Waals surface area contributed by atoms with Crippen LogP contribution in [0.3, 0.4) is 0 Å². The molecule has 1 aliphatic rings. The Labute approximate surface area is 222 Å². The van der Waals surface area contributed by atoms with Crippen LogP contribution in [0.2, 0.25) is 0 Å². The maximum absolute atomic E-state index is 13.7. The van der Waals surface area contributed by atoms with E-state index in [1.807, 2.05) is 0 Å². The van der Waals surface area contributed by atoms with Gasteiger partial charge in [0, 0.05) is 17.6 Å². The minimum Gasteiger partial charge on any atom is -0.462 e. The molecule has 6 atom stereocenters. The Kier molecular flexibility index (Phi) is 9.56. The number of ether oxygens (including phenoxy) is 2. The molecule has 2 aromatic rings. The maximum atomic E-state index is 13.7. The van der Waals surface area contributed by atoms with Crippen molar-refractivity contribution >= 4 is 25.3 Å². The van der Waals surface area contributed by atoms with E-state index in [1.54, 1.807) is 32.0 Å². The second-order valence-corrected chi connectivity index (χ2v) is 10.6. The van der Waals surface area contributed by atoms with E-state index in [4.69, 9.17) is 35.9 Å². The number of carbonyl (C=O) groups is 1. The van der Waals surface area contributed by atoms with Crippen molar-refractivity contribution in [1.82, 2.24) is 14.6 Å². The molecule has 2 heterocycles. The molecule has 3 rings (SSSR count). The van der Waals surface area contributed by atoms with Crippen LogP contribution in [0.15, 0.2) is 52.2 Å². The summed E-state index contributed by atoms with van der Waals surface area (Å²) in [5.41, 5.74) is 2.84. The smallest absolute Gasteiger partial charge is 0.459 e. The molecule has 0 radical (unpaired) electrons. The largest absolute Gasteiger partial charge is 0.462 e. The average molecular weight is 571 g/mol. The van der Waals surface area contributed by atoms with Gasteiger partial charge in [-0.2, -0.15) is 5.09 Å². The first-order valence-corrected chi connectivity index (χ1v) is 13.3. The first kappa shape index (κ1) is 29.6. The van der Waals surface area contributed by atoms with Crippen molar-refractivity contribution in [1.29, 1.82) is 0 Å². The van der Waals surface area contributed by atoms with Crippen LogP contribution in [0.25, 0.3) is 0 Å². The van der Waals surface area contributed by atoms with Crippen LogP contribution in [0.1, 0.15) is 27.0 Å². The average Bonchev–Trinajstić information content (AvgIpc) is 3.08. The number of aromatic nitrogens is 2. The fourth-order valence-corrected chi connectivity index (χ4v) is 5.23. The van der Waals surface area contributed by atoms with Gasteiger partial charge in [0.05, 0.1) is 12.7 Å². The number of halogens is 1. The Morgan fingerprint density at radius 1 is 1.32 bits per heavy atom. The van der Waals surface area contributed by atoms with Gasteiger partial charge >= 0.3 is 19.4 Å². The summed E-state index contributed by atoms with van der Waals surface area (Å²) < 4.78 is 36.7. The second-order valence-electron chi connectivity index (χ2n) is 8.68. The van der Waals surface area contributed by atoms with Crippen LogP contribution >= 0.6 is 19.3 Å². The van der Waals surface area contributed by atoms with Crippen LogP contribution in [0.5, 0.6) is 5.75 Å². The minimum atomic E-state index is -4.30. The molecule has 1 aliphatic heterocycles. The van der Waals surface area contributed by atoms with E-state index in [2.05, 4.69) is 21.4 Å². The van der Waals surface area contributed by atoms with Crippen molar-refractivity contribution in [3.05, 3.63) is 63.4 Å². The molecule has 1 fully saturated rings. The Morgan fingerprint density at radius 3 is 2.61 bits per heavy atom. The molecule has 1 saturated heterocycles. The number of para-hydroxylation sites is 1. The van der Waals surface area contributed by atoms with Gasteiger partial charge in [-0.1, -0.05) is 24.1 Å². The van der Waals surface area contributed by atoms with Crippen LogP contribution in [-0.2, 0) is 23.4 Å². The van der Waals surface area contributed by atoms with Gasteiger partial charge in [0.2, 0.25) is 0 Å². The number of hydrogen-bond acceptors (Lipinski definition) is 10. The summed E-state index contributed by atoms with van der Waals surface area (Å²) in [5, 5.41) is 15.6. The predicted octanol–water partition coefficient (Wildman–Crippen LogP) is 0.826. The van der Waals surface area contributed by atoms with Gasteiger partial charge in [-0.15, -0.1) is 0 Å². The third-order valence-corrected chi connectivity index (χ3v) is 7.09. The van der Waals surface area contributed by atoms with Crippen LogP contribution in [0.4, 0.5) is 0 Å². The Bertz CT molecular complexity index is 1360. The molecule has 206 valence electrons. The summed E-state index contributed by atoms with van der Waals surface area (Å²) in [6.45, 7) is 4.15. The lowest BCUT2D eigenvalue weighted by atomic mass is 9.92. The summed E-state index contributed by atoms with van der Waals surface area (Å²) >= 11 is 5.56. The number of nitrogens with one attached hydrogen (secondary N) is 2. The topological polar surface area (TPSA) is 184 Å². The van der Waals surface area contributed by atoms with Crippen LogP contribution < -0.4 is 26.6 Å². The molecular weight excluding hydrogens is 543 g/mol. The zero-order valence-electron chi connectivity index (χ0n) is 20.7. The summed E-state index contributed by atoms with van der Waals surface area (Å²) in [7, 11) is -4.30. The highest BCUT2D eigenvalue weighted by Crippen LogP contribution is 2.46. The van der Waals surface area contributed by atoms with E-state index in [1.165, 1.54) is 19.1 Å². The van der Waals surface area contributed by atoms with Crippen molar-refractivity contribution in [2.24, 2.45) is 5.73 Å². The van der Waals surface area contributed by atoms with Crippen molar-refractivity contribution in [3.8, 4) is 17.0 Å². The molecule has 38 heavy (non-hydrogen) atoms. The van der Waals surface area contributed by atoms with Gasteiger partial charge in [-0.25, -0.2) is 9.36 Å². The molecule has 5 N–H and O–H groups in total. The van der Waals surface area contributed by atoms with E-state index < -0.39 is 67.7 Å². The number of aromatic amines is 1. The summed E-state index contributed by atoms with van der Waals surface area (Å²) in [6, 6.07) is 7.99. The maximum Gasteiger partial charge on any atom is 0.459 e. The van der Waals surface area contributed by atoms with E-state index in [9.17, 15) is 24.1 Å². The number of aliphatic hydroxyl groups is 1. The number of rotatable bonds is 10. The van der Waals surface area contributed by atoms with Crippen molar-refractivity contribution in [2.45, 2.75) is 56.9 Å². The number of carbonyl (C=O) groups excluding carboxylic acids is 1. The molecule has 0 aliphatic carbocycles. The zero-order chi connectivity index (χ0) is 28.1. The van der Waals surface area contributed by atoms with Crippen molar-refractivity contribution < 1.29 is 33.0 Å². The number of nitrogens with two attached hydrogens (primary N) is 1. The van der Waals surface area contributed by atoms with E-state index in [-0.39, 0.29) is 5.75 Å². The molecular formula is C23H28ClN4O9P. The monoisotopic (exact) mass is 570 g/mol. The lowest BCUT2D eigenvalue weighted by molar-refractivity contribution is -0.149. The van der Waals surface area contributed by atoms with E-state index in [0.717, 1.165) is 16.8 Å². The van der Waals surface area contributed by atoms with E-state index >= 15 is 0 Å². The molecule has 0 bridgehead atoms. The summed E-state index contributed by atoms with van der Waals surface area (Å²) in [6.07, 6.45) is -3.62. The van der Waals surface area contributed by atoms with Gasteiger partial charge in [0.25, 0.3) is 5.56 Å². The molecule has 1 aromatic carbocycles. The minimum absolute atomic E-state index is 0.166. The normalized spacial score (nSPS) is 25.2. The molecule has 15 heteroatoms. The van der Waals surface area contributed by atoms with Crippen molar-refractivity contribution in [2.75, 3.05) is 6.61 Å². The molecule has 13 nitrogen and oxygen atoms in total. The van der Waals surface area contributed by atoms with E-state index in [0.29, 0.717) is 0 Å². The first-order chi connectivity index (χ1) is 17.9. The molecule has 1 aromatic heterocycles. The lowest BCUT2D eigenvalue weighted by Gasteiger charge is -2.27. The molecule has 0 amide bonds. The number of esters is 1. The van der Waals surface area contributed by atoms with Gasteiger partial charge in [-0.3, -0.25) is 23.7 Å². The second kappa shape index (κ2) is 12.3. The fourth-order valence-electron chi connectivity index (χ4n) is 3.57. The SMILES string of the molecule is CC(C)OC(=O)[C@H](C)NP(=O)(OCC1O[C@@H](n2ccc(=O)[nH]c2=O)[C@@](N)(C#CCl)C1O)Oc1ccccc1. The molecule has 3 unspecified atom stereocenters. The standard InChI is InChI=1S/C23H28ClN4O9P/c1-14(2)35-20(31)15(3)27-38(33,37-16-7-5-4-6-8-16)34-13-17-19(30)23(25,10-11-24)21(36-17)28-12-9-18(29)26-22(28)32/h4-9,12,14-15,17,19,21,30H,13,25H2,1-3H3,(H,27,33)(H,26,29,32)/t15-,17?,19?,21+,23+,38?/m0/s1. The van der Waals surface area contributed by atoms with Gasteiger partial charge < -0.3 is 24.8 Å². The predicted molar refractivity (Wildman–Crippen MR) is 136 cm³/mol. The Morgan fingerprint density at radius 2 is 2.00 bits per heavy atom. The van der Waals surface area contributed by atoms with Gasteiger partial charge in [-0.05, 0) is 44.5 Å². The number of benzene rings is 1. The Hall–Kier alpha value is -2.95. The number of H-pyrrole nitrogens is 1. The highest BCUT2D eigenvalue weighted by Gasteiger charge is 2.55. The third-order valence-electron chi connectivity index (χ3n) is 5.36. The molecule has 0 saturated carbocycles. The Balaban J connectivity index is 1.86. The van der Waals surface area contributed by atoms with Crippen LogP contribution in [0, 0.1) is 11.3 Å². The van der Waals surface area contributed by atoms with Crippen LogP contribution in [-0.4, -0.2) is 57.1 Å². The number of hydrogen-bond donors (Lipinski definition) is 4. The third kappa shape index (κ3) is 6.92. The highest BCUT2D eigenvalue weighted by atomic mass is 35.5. The highest BCUT2D eigenvalue weighted by molar-refractivity contribution is 7.52.